The number of H-pyrrole nitrogens is 1. The Hall–Kier alpha value is -2.34. The van der Waals surface area contributed by atoms with Gasteiger partial charge in [0.25, 0.3) is 0 Å². The Labute approximate surface area is 152 Å². The van der Waals surface area contributed by atoms with Crippen molar-refractivity contribution in [2.75, 3.05) is 19.6 Å². The van der Waals surface area contributed by atoms with Gasteiger partial charge in [0.1, 0.15) is 0 Å². The average Bonchev–Trinajstić information content (AvgIpc) is 3.03. The van der Waals surface area contributed by atoms with Crippen molar-refractivity contribution in [3.63, 3.8) is 0 Å². The Bertz CT molecular complexity index is 834. The van der Waals surface area contributed by atoms with Gasteiger partial charge in [-0.15, -0.1) is 0 Å². The maximum Gasteiger partial charge on any atom is 0.303 e. The molecule has 2 aromatic rings. The number of carbonyl (C=O) groups is 2. The molecular formula is C20H25N3O3. The molecule has 6 heteroatoms. The highest BCUT2D eigenvalue weighted by Crippen LogP contribution is 2.40. The van der Waals surface area contributed by atoms with E-state index in [1.54, 1.807) is 0 Å². The Morgan fingerprint density at radius 2 is 1.92 bits per heavy atom. The van der Waals surface area contributed by atoms with E-state index in [1.807, 2.05) is 4.90 Å². The van der Waals surface area contributed by atoms with Crippen molar-refractivity contribution in [1.29, 1.82) is 0 Å². The largest absolute Gasteiger partial charge is 0.481 e. The minimum atomic E-state index is -0.840. The first-order valence-corrected chi connectivity index (χ1v) is 9.44. The summed E-state index contributed by atoms with van der Waals surface area (Å²) in [7, 11) is 0. The van der Waals surface area contributed by atoms with Crippen LogP contribution in [-0.2, 0) is 21.5 Å². The number of carbonyl (C=O) groups excluding carboxylic acids is 1. The predicted octanol–water partition coefficient (Wildman–Crippen LogP) is 2.39. The van der Waals surface area contributed by atoms with Crippen LogP contribution < -0.4 is 5.32 Å². The summed E-state index contributed by atoms with van der Waals surface area (Å²) in [6.45, 7) is 2.39. The van der Waals surface area contributed by atoms with E-state index in [-0.39, 0.29) is 17.9 Å². The van der Waals surface area contributed by atoms with Crippen molar-refractivity contribution in [3.8, 4) is 0 Å². The van der Waals surface area contributed by atoms with Gasteiger partial charge in [0, 0.05) is 49.1 Å². The van der Waals surface area contributed by atoms with Gasteiger partial charge in [0.05, 0.1) is 5.54 Å². The van der Waals surface area contributed by atoms with Crippen molar-refractivity contribution >= 4 is 22.8 Å². The fourth-order valence-corrected chi connectivity index (χ4v) is 4.50. The summed E-state index contributed by atoms with van der Waals surface area (Å²) < 4.78 is 0. The van der Waals surface area contributed by atoms with Crippen molar-refractivity contribution in [2.24, 2.45) is 0 Å². The van der Waals surface area contributed by atoms with E-state index >= 15 is 0 Å². The second-order valence-corrected chi connectivity index (χ2v) is 7.41. The number of nitrogens with zero attached hydrogens (tertiary/aromatic N) is 1. The molecule has 1 spiro atoms. The summed E-state index contributed by atoms with van der Waals surface area (Å²) in [5.74, 6) is -0.762. The molecule has 1 aromatic heterocycles. The van der Waals surface area contributed by atoms with Crippen LogP contribution in [0.1, 0.15) is 43.4 Å². The average molecular weight is 355 g/mol. The Kier molecular flexibility index (Phi) is 4.44. The summed E-state index contributed by atoms with van der Waals surface area (Å²) in [5, 5.41) is 13.8. The van der Waals surface area contributed by atoms with Crippen LogP contribution in [-0.4, -0.2) is 46.5 Å². The van der Waals surface area contributed by atoms with E-state index in [1.165, 1.54) is 22.2 Å². The number of aromatic nitrogens is 1. The molecule has 0 aliphatic carbocycles. The molecule has 0 atom stereocenters. The van der Waals surface area contributed by atoms with Crippen LogP contribution in [0, 0.1) is 0 Å². The van der Waals surface area contributed by atoms with Crippen LogP contribution in [0.4, 0.5) is 0 Å². The van der Waals surface area contributed by atoms with Crippen molar-refractivity contribution in [2.45, 2.75) is 44.1 Å². The van der Waals surface area contributed by atoms with E-state index in [9.17, 15) is 9.59 Å². The van der Waals surface area contributed by atoms with E-state index < -0.39 is 5.97 Å². The van der Waals surface area contributed by atoms with Crippen LogP contribution in [0.3, 0.4) is 0 Å². The molecule has 4 rings (SSSR count). The van der Waals surface area contributed by atoms with Gasteiger partial charge in [-0.25, -0.2) is 0 Å². The molecule has 3 N–H and O–H groups in total. The van der Waals surface area contributed by atoms with Gasteiger partial charge < -0.3 is 20.3 Å². The molecule has 0 saturated carbocycles. The molecule has 1 amide bonds. The number of carboxylic acids is 1. The van der Waals surface area contributed by atoms with E-state index in [2.05, 4.69) is 34.6 Å². The number of benzene rings is 1. The number of aromatic amines is 1. The molecule has 26 heavy (non-hydrogen) atoms. The summed E-state index contributed by atoms with van der Waals surface area (Å²) in [4.78, 5) is 28.5. The summed E-state index contributed by atoms with van der Waals surface area (Å²) in [5.41, 5.74) is 3.82. The molecular weight excluding hydrogens is 330 g/mol. The lowest BCUT2D eigenvalue weighted by atomic mass is 9.79. The molecule has 6 nitrogen and oxygen atoms in total. The quantitative estimate of drug-likeness (QED) is 0.786. The molecule has 2 aliphatic heterocycles. The van der Waals surface area contributed by atoms with Gasteiger partial charge in [-0.2, -0.15) is 0 Å². The third kappa shape index (κ3) is 2.98. The van der Waals surface area contributed by atoms with E-state index in [4.69, 9.17) is 5.11 Å². The number of likely N-dealkylation sites (tertiary alicyclic amines) is 1. The summed E-state index contributed by atoms with van der Waals surface area (Å²) in [6.07, 6.45) is 3.60. The number of carboxylic acid groups (broad SMARTS) is 1. The lowest BCUT2D eigenvalue weighted by Gasteiger charge is -2.45. The number of amides is 1. The molecule has 0 unspecified atom stereocenters. The van der Waals surface area contributed by atoms with Crippen molar-refractivity contribution in [1.82, 2.24) is 15.2 Å². The third-order valence-corrected chi connectivity index (χ3v) is 5.88. The molecule has 0 bridgehead atoms. The highest BCUT2D eigenvalue weighted by molar-refractivity contribution is 5.85. The third-order valence-electron chi connectivity index (χ3n) is 5.88. The highest BCUT2D eigenvalue weighted by atomic mass is 16.4. The maximum atomic E-state index is 12.3. The summed E-state index contributed by atoms with van der Waals surface area (Å²) >= 11 is 0. The number of para-hydroxylation sites is 1. The van der Waals surface area contributed by atoms with Gasteiger partial charge in [-0.1, -0.05) is 18.2 Å². The smallest absolute Gasteiger partial charge is 0.303 e. The fourth-order valence-electron chi connectivity index (χ4n) is 4.50. The standard InChI is InChI=1S/C20H25N3O3/c24-17(6-3-7-18(25)26)23-12-9-20(10-13-23)19-15(8-11-21-20)14-4-1-2-5-16(14)22-19/h1-2,4-5,21-22H,3,6-13H2,(H,25,26). The molecule has 1 fully saturated rings. The minimum absolute atomic E-state index is 0.0590. The van der Waals surface area contributed by atoms with Crippen LogP contribution >= 0.6 is 0 Å². The minimum Gasteiger partial charge on any atom is -0.481 e. The zero-order chi connectivity index (χ0) is 18.1. The van der Waals surface area contributed by atoms with Gasteiger partial charge in [0.2, 0.25) is 5.91 Å². The van der Waals surface area contributed by atoms with E-state index in [0.29, 0.717) is 25.9 Å². The Balaban J connectivity index is 1.48. The van der Waals surface area contributed by atoms with Gasteiger partial charge >= 0.3 is 5.97 Å². The Morgan fingerprint density at radius 3 is 2.69 bits per heavy atom. The number of hydrogen-bond acceptors (Lipinski definition) is 3. The number of piperidine rings is 1. The first kappa shape index (κ1) is 17.1. The predicted molar refractivity (Wildman–Crippen MR) is 99.0 cm³/mol. The van der Waals surface area contributed by atoms with Gasteiger partial charge in [-0.05, 0) is 37.3 Å². The first-order chi connectivity index (χ1) is 12.6. The van der Waals surface area contributed by atoms with Gasteiger partial charge in [-0.3, -0.25) is 9.59 Å². The molecule has 0 radical (unpaired) electrons. The molecule has 1 aromatic carbocycles. The van der Waals surface area contributed by atoms with Crippen molar-refractivity contribution < 1.29 is 14.7 Å². The number of hydrogen-bond donors (Lipinski definition) is 3. The number of rotatable bonds is 4. The molecule has 3 heterocycles. The van der Waals surface area contributed by atoms with Crippen LogP contribution in [0.2, 0.25) is 0 Å². The molecule has 138 valence electrons. The van der Waals surface area contributed by atoms with Gasteiger partial charge in [0.15, 0.2) is 0 Å². The lowest BCUT2D eigenvalue weighted by Crippen LogP contribution is -2.55. The SMILES string of the molecule is O=C(O)CCCC(=O)N1CCC2(CC1)NCCc1c2[nH]c2ccccc12. The first-order valence-electron chi connectivity index (χ1n) is 9.44. The zero-order valence-corrected chi connectivity index (χ0v) is 14.9. The van der Waals surface area contributed by atoms with Crippen LogP contribution in [0.5, 0.6) is 0 Å². The van der Waals surface area contributed by atoms with Crippen LogP contribution in [0.25, 0.3) is 10.9 Å². The molecule has 2 aliphatic rings. The lowest BCUT2D eigenvalue weighted by molar-refractivity contribution is -0.137. The molecule has 1 saturated heterocycles. The van der Waals surface area contributed by atoms with Crippen LogP contribution in [0.15, 0.2) is 24.3 Å². The number of fused-ring (bicyclic) bond motifs is 4. The normalized spacial score (nSPS) is 18.8. The monoisotopic (exact) mass is 355 g/mol. The number of aliphatic carboxylic acids is 1. The van der Waals surface area contributed by atoms with E-state index in [0.717, 1.165) is 25.8 Å². The maximum absolute atomic E-state index is 12.3. The fraction of sp³-hybridized carbons (Fsp3) is 0.500. The topological polar surface area (TPSA) is 85.4 Å². The summed E-state index contributed by atoms with van der Waals surface area (Å²) in [6, 6.07) is 8.46. The number of nitrogens with one attached hydrogen (secondary N) is 2. The van der Waals surface area contributed by atoms with Crippen molar-refractivity contribution in [3.05, 3.63) is 35.5 Å². The highest BCUT2D eigenvalue weighted by Gasteiger charge is 2.41. The zero-order valence-electron chi connectivity index (χ0n) is 14.9. The second-order valence-electron chi connectivity index (χ2n) is 7.41. The Morgan fingerprint density at radius 1 is 1.15 bits per heavy atom. The second kappa shape index (κ2) is 6.76.